The van der Waals surface area contributed by atoms with Gasteiger partial charge in [0.1, 0.15) is 5.75 Å². The Bertz CT molecular complexity index is 368. The van der Waals surface area contributed by atoms with Gasteiger partial charge in [-0.05, 0) is 18.9 Å². The van der Waals surface area contributed by atoms with Crippen LogP contribution in [0.4, 0.5) is 8.78 Å². The molecule has 3 nitrogen and oxygen atoms in total. The van der Waals surface area contributed by atoms with Gasteiger partial charge in [-0.25, -0.2) is 0 Å². The summed E-state index contributed by atoms with van der Waals surface area (Å²) >= 11 is 0. The molecule has 0 spiro atoms. The summed E-state index contributed by atoms with van der Waals surface area (Å²) in [6, 6.07) is 6.71. The van der Waals surface area contributed by atoms with Gasteiger partial charge < -0.3 is 4.74 Å². The van der Waals surface area contributed by atoms with Crippen LogP contribution in [0.25, 0.3) is 0 Å². The number of hydrogen-bond acceptors (Lipinski definition) is 3. The Morgan fingerprint density at radius 3 is 2.67 bits per heavy atom. The van der Waals surface area contributed by atoms with Crippen molar-refractivity contribution in [2.24, 2.45) is 0 Å². The smallest absolute Gasteiger partial charge is 0.387 e. The van der Waals surface area contributed by atoms with Gasteiger partial charge in [0.15, 0.2) is 0 Å². The lowest BCUT2D eigenvalue weighted by Crippen LogP contribution is -2.21. The molecule has 0 aromatic heterocycles. The molecule has 100 valence electrons. The van der Waals surface area contributed by atoms with Crippen LogP contribution in [0.5, 0.6) is 5.75 Å². The molecule has 1 saturated carbocycles. The van der Waals surface area contributed by atoms with E-state index in [9.17, 15) is 8.78 Å². The van der Waals surface area contributed by atoms with Gasteiger partial charge in [-0.2, -0.15) is 14.3 Å². The summed E-state index contributed by atoms with van der Waals surface area (Å²) in [6.07, 6.45) is 4.74. The van der Waals surface area contributed by atoms with Crippen molar-refractivity contribution >= 4 is 0 Å². The number of benzene rings is 1. The lowest BCUT2D eigenvalue weighted by atomic mass is 10.2. The van der Waals surface area contributed by atoms with Gasteiger partial charge in [-0.3, -0.25) is 4.84 Å². The number of alkyl halides is 2. The average Bonchev–Trinajstić information content (AvgIpc) is 2.84. The van der Waals surface area contributed by atoms with Gasteiger partial charge in [0.05, 0.1) is 6.10 Å². The molecule has 0 bridgehead atoms. The van der Waals surface area contributed by atoms with Crippen molar-refractivity contribution in [2.45, 2.75) is 44.9 Å². The van der Waals surface area contributed by atoms with E-state index in [4.69, 9.17) is 4.84 Å². The van der Waals surface area contributed by atoms with Crippen LogP contribution < -0.4 is 10.2 Å². The van der Waals surface area contributed by atoms with Gasteiger partial charge >= 0.3 is 6.61 Å². The Kier molecular flexibility index (Phi) is 4.90. The van der Waals surface area contributed by atoms with Crippen molar-refractivity contribution < 1.29 is 18.4 Å². The number of halogens is 2. The molecular formula is C13H17F2NO2. The highest BCUT2D eigenvalue weighted by Gasteiger charge is 2.16. The number of hydrogen-bond donors (Lipinski definition) is 1. The Morgan fingerprint density at radius 1 is 1.22 bits per heavy atom. The molecule has 0 aliphatic heterocycles. The predicted octanol–water partition coefficient (Wildman–Crippen LogP) is 3.25. The van der Waals surface area contributed by atoms with Crippen LogP contribution >= 0.6 is 0 Å². The van der Waals surface area contributed by atoms with Crippen molar-refractivity contribution in [2.75, 3.05) is 0 Å². The van der Waals surface area contributed by atoms with E-state index >= 15 is 0 Å². The SMILES string of the molecule is FC(F)Oc1ccccc1CNOC1CCCC1. The molecule has 0 atom stereocenters. The molecule has 18 heavy (non-hydrogen) atoms. The summed E-state index contributed by atoms with van der Waals surface area (Å²) in [7, 11) is 0. The zero-order chi connectivity index (χ0) is 12.8. The Labute approximate surface area is 105 Å². The van der Waals surface area contributed by atoms with E-state index in [1.807, 2.05) is 0 Å². The van der Waals surface area contributed by atoms with Gasteiger partial charge in [0, 0.05) is 12.1 Å². The quantitative estimate of drug-likeness (QED) is 0.793. The molecule has 1 fully saturated rings. The predicted molar refractivity (Wildman–Crippen MR) is 63.3 cm³/mol. The summed E-state index contributed by atoms with van der Waals surface area (Å²) in [5, 5.41) is 0. The van der Waals surface area contributed by atoms with E-state index in [1.54, 1.807) is 18.2 Å². The zero-order valence-corrected chi connectivity index (χ0v) is 10.1. The first-order valence-electron chi connectivity index (χ1n) is 6.17. The minimum absolute atomic E-state index is 0.190. The molecule has 1 aromatic carbocycles. The molecule has 0 unspecified atom stereocenters. The number of ether oxygens (including phenoxy) is 1. The Morgan fingerprint density at radius 2 is 1.94 bits per heavy atom. The minimum Gasteiger partial charge on any atom is -0.434 e. The van der Waals surface area contributed by atoms with Crippen molar-refractivity contribution in [3.05, 3.63) is 29.8 Å². The van der Waals surface area contributed by atoms with Crippen LogP contribution in [0.15, 0.2) is 24.3 Å². The number of hydroxylamine groups is 1. The van der Waals surface area contributed by atoms with Gasteiger partial charge in [-0.15, -0.1) is 0 Å². The van der Waals surface area contributed by atoms with E-state index < -0.39 is 6.61 Å². The second-order valence-electron chi connectivity index (χ2n) is 4.33. The number of rotatable bonds is 6. The van der Waals surface area contributed by atoms with E-state index in [-0.39, 0.29) is 11.9 Å². The van der Waals surface area contributed by atoms with Crippen molar-refractivity contribution in [3.63, 3.8) is 0 Å². The molecule has 0 radical (unpaired) electrons. The van der Waals surface area contributed by atoms with Gasteiger partial charge in [-0.1, -0.05) is 31.0 Å². The summed E-state index contributed by atoms with van der Waals surface area (Å²) < 4.78 is 28.8. The van der Waals surface area contributed by atoms with Crippen LogP contribution in [0.3, 0.4) is 0 Å². The first kappa shape index (κ1) is 13.2. The van der Waals surface area contributed by atoms with Crippen LogP contribution in [0.2, 0.25) is 0 Å². The highest BCUT2D eigenvalue weighted by molar-refractivity contribution is 5.33. The maximum Gasteiger partial charge on any atom is 0.387 e. The lowest BCUT2D eigenvalue weighted by molar-refractivity contribution is -0.0524. The molecule has 0 saturated heterocycles. The van der Waals surface area contributed by atoms with E-state index in [1.165, 1.54) is 18.9 Å². The first-order chi connectivity index (χ1) is 8.75. The molecular weight excluding hydrogens is 240 g/mol. The monoisotopic (exact) mass is 257 g/mol. The Balaban J connectivity index is 1.83. The molecule has 0 amide bonds. The average molecular weight is 257 g/mol. The van der Waals surface area contributed by atoms with Crippen LogP contribution in [-0.4, -0.2) is 12.7 Å². The maximum atomic E-state index is 12.2. The largest absolute Gasteiger partial charge is 0.434 e. The fourth-order valence-electron chi connectivity index (χ4n) is 2.10. The third-order valence-electron chi connectivity index (χ3n) is 3.00. The zero-order valence-electron chi connectivity index (χ0n) is 10.1. The molecule has 1 N–H and O–H groups in total. The summed E-state index contributed by atoms with van der Waals surface area (Å²) in [6.45, 7) is -2.44. The summed E-state index contributed by atoms with van der Waals surface area (Å²) in [4.78, 5) is 5.47. The highest BCUT2D eigenvalue weighted by Crippen LogP contribution is 2.22. The first-order valence-corrected chi connectivity index (χ1v) is 6.17. The van der Waals surface area contributed by atoms with Crippen molar-refractivity contribution in [1.29, 1.82) is 0 Å². The molecule has 1 aliphatic carbocycles. The van der Waals surface area contributed by atoms with Crippen molar-refractivity contribution in [1.82, 2.24) is 5.48 Å². The molecule has 1 aromatic rings. The van der Waals surface area contributed by atoms with E-state index in [2.05, 4.69) is 10.2 Å². The van der Waals surface area contributed by atoms with E-state index in [0.29, 0.717) is 12.1 Å². The fraction of sp³-hybridized carbons (Fsp3) is 0.538. The molecule has 0 heterocycles. The normalized spacial score (nSPS) is 16.4. The Hall–Kier alpha value is -1.20. The second-order valence-corrected chi connectivity index (χ2v) is 4.33. The van der Waals surface area contributed by atoms with Crippen molar-refractivity contribution in [3.8, 4) is 5.75 Å². The minimum atomic E-state index is -2.80. The van der Waals surface area contributed by atoms with Crippen LogP contribution in [-0.2, 0) is 11.4 Å². The van der Waals surface area contributed by atoms with Crippen LogP contribution in [0.1, 0.15) is 31.2 Å². The van der Waals surface area contributed by atoms with Crippen LogP contribution in [0, 0.1) is 0 Å². The third kappa shape index (κ3) is 3.92. The fourth-order valence-corrected chi connectivity index (χ4v) is 2.10. The van der Waals surface area contributed by atoms with Gasteiger partial charge in [0.2, 0.25) is 0 Å². The molecule has 5 heteroatoms. The topological polar surface area (TPSA) is 30.5 Å². The van der Waals surface area contributed by atoms with Gasteiger partial charge in [0.25, 0.3) is 0 Å². The second kappa shape index (κ2) is 6.66. The highest BCUT2D eigenvalue weighted by atomic mass is 19.3. The summed E-state index contributed by atoms with van der Waals surface area (Å²) in [5.41, 5.74) is 3.50. The third-order valence-corrected chi connectivity index (χ3v) is 3.00. The number of nitrogens with one attached hydrogen (secondary N) is 1. The molecule has 2 rings (SSSR count). The lowest BCUT2D eigenvalue weighted by Gasteiger charge is -2.14. The number of para-hydroxylation sites is 1. The van der Waals surface area contributed by atoms with E-state index in [0.717, 1.165) is 12.8 Å². The summed E-state index contributed by atoms with van der Waals surface area (Å²) in [5.74, 6) is 0.190. The standard InChI is InChI=1S/C13H17F2NO2/c14-13(15)17-12-8-4-1-5-10(12)9-16-18-11-6-2-3-7-11/h1,4-5,8,11,13,16H,2-3,6-7,9H2. The molecule has 1 aliphatic rings. The maximum absolute atomic E-state index is 12.2.